The van der Waals surface area contributed by atoms with Crippen molar-refractivity contribution < 1.29 is 4.79 Å². The smallest absolute Gasteiger partial charge is 0.234 e. The molecule has 0 fully saturated rings. The lowest BCUT2D eigenvalue weighted by Gasteiger charge is -2.15. The zero-order valence-corrected chi connectivity index (χ0v) is 11.2. The van der Waals surface area contributed by atoms with Gasteiger partial charge in [0.1, 0.15) is 5.82 Å². The van der Waals surface area contributed by atoms with Crippen LogP contribution < -0.4 is 10.6 Å². The van der Waals surface area contributed by atoms with Crippen molar-refractivity contribution in [3.63, 3.8) is 0 Å². The largest absolute Gasteiger partial charge is 0.372 e. The van der Waals surface area contributed by atoms with Crippen molar-refractivity contribution >= 4 is 11.7 Å². The molecule has 2 N–H and O–H groups in total. The van der Waals surface area contributed by atoms with Gasteiger partial charge in [0.2, 0.25) is 5.91 Å². The van der Waals surface area contributed by atoms with Crippen LogP contribution in [0.3, 0.4) is 0 Å². The van der Waals surface area contributed by atoms with Gasteiger partial charge >= 0.3 is 0 Å². The normalized spacial score (nSPS) is 10.4. The SMILES string of the molecule is CCCNC(=O)CN(C)Cc1cnc(NC)cn1. The molecule has 0 spiro atoms. The van der Waals surface area contributed by atoms with Crippen LogP contribution in [-0.2, 0) is 11.3 Å². The van der Waals surface area contributed by atoms with E-state index in [-0.39, 0.29) is 5.91 Å². The standard InChI is InChI=1S/C12H21N5O/c1-4-5-14-12(18)9-17(3)8-10-6-16-11(13-2)7-15-10/h6-7H,4-5,8-9H2,1-3H3,(H,13,16)(H,14,18). The number of rotatable bonds is 7. The summed E-state index contributed by atoms with van der Waals surface area (Å²) in [5.74, 6) is 0.779. The number of anilines is 1. The highest BCUT2D eigenvalue weighted by Crippen LogP contribution is 2.02. The third kappa shape index (κ3) is 5.09. The molecular weight excluding hydrogens is 230 g/mol. The Morgan fingerprint density at radius 2 is 2.17 bits per heavy atom. The van der Waals surface area contributed by atoms with Crippen LogP contribution in [-0.4, -0.2) is 48.0 Å². The number of amides is 1. The van der Waals surface area contributed by atoms with E-state index in [0.717, 1.165) is 24.5 Å². The minimum Gasteiger partial charge on any atom is -0.372 e. The second-order valence-electron chi connectivity index (χ2n) is 4.17. The molecule has 0 radical (unpaired) electrons. The second-order valence-corrected chi connectivity index (χ2v) is 4.17. The molecule has 0 aliphatic carbocycles. The quantitative estimate of drug-likeness (QED) is 0.737. The summed E-state index contributed by atoms with van der Waals surface area (Å²) in [6.07, 6.45) is 4.35. The average Bonchev–Trinajstić information content (AvgIpc) is 2.37. The van der Waals surface area contributed by atoms with Crippen LogP contribution in [0.5, 0.6) is 0 Å². The summed E-state index contributed by atoms with van der Waals surface area (Å²) < 4.78 is 0. The Labute approximate surface area is 108 Å². The van der Waals surface area contributed by atoms with E-state index in [0.29, 0.717) is 13.1 Å². The molecule has 0 unspecified atom stereocenters. The first kappa shape index (κ1) is 14.4. The molecule has 100 valence electrons. The molecule has 0 saturated carbocycles. The molecule has 0 aromatic carbocycles. The summed E-state index contributed by atoms with van der Waals surface area (Å²) in [4.78, 5) is 21.9. The zero-order chi connectivity index (χ0) is 13.4. The van der Waals surface area contributed by atoms with Crippen LogP contribution >= 0.6 is 0 Å². The predicted molar refractivity (Wildman–Crippen MR) is 71.2 cm³/mol. The van der Waals surface area contributed by atoms with Gasteiger partial charge in [0.25, 0.3) is 0 Å². The van der Waals surface area contributed by atoms with Crippen LogP contribution in [0, 0.1) is 0 Å². The van der Waals surface area contributed by atoms with E-state index in [9.17, 15) is 4.79 Å². The second kappa shape index (κ2) is 7.60. The van der Waals surface area contributed by atoms with E-state index in [2.05, 4.69) is 20.6 Å². The highest BCUT2D eigenvalue weighted by molar-refractivity contribution is 5.77. The first-order chi connectivity index (χ1) is 8.65. The van der Waals surface area contributed by atoms with Gasteiger partial charge in [-0.1, -0.05) is 6.92 Å². The van der Waals surface area contributed by atoms with Crippen LogP contribution in [0.15, 0.2) is 12.4 Å². The summed E-state index contributed by atoms with van der Waals surface area (Å²) in [6, 6.07) is 0. The van der Waals surface area contributed by atoms with Crippen molar-refractivity contribution in [1.82, 2.24) is 20.2 Å². The van der Waals surface area contributed by atoms with Crippen molar-refractivity contribution in [3.05, 3.63) is 18.1 Å². The van der Waals surface area contributed by atoms with E-state index in [1.807, 2.05) is 18.9 Å². The van der Waals surface area contributed by atoms with Crippen molar-refractivity contribution in [2.45, 2.75) is 19.9 Å². The fourth-order valence-corrected chi connectivity index (χ4v) is 1.46. The fraction of sp³-hybridized carbons (Fsp3) is 0.583. The molecule has 1 rings (SSSR count). The molecule has 1 aromatic heterocycles. The maximum atomic E-state index is 11.5. The van der Waals surface area contributed by atoms with E-state index in [1.54, 1.807) is 19.4 Å². The van der Waals surface area contributed by atoms with Crippen molar-refractivity contribution in [1.29, 1.82) is 0 Å². The van der Waals surface area contributed by atoms with Gasteiger partial charge in [-0.05, 0) is 13.5 Å². The van der Waals surface area contributed by atoms with Crippen molar-refractivity contribution in [2.24, 2.45) is 0 Å². The lowest BCUT2D eigenvalue weighted by Crippen LogP contribution is -2.35. The Bertz CT molecular complexity index is 365. The van der Waals surface area contributed by atoms with E-state index in [4.69, 9.17) is 0 Å². The lowest BCUT2D eigenvalue weighted by molar-refractivity contribution is -0.122. The summed E-state index contributed by atoms with van der Waals surface area (Å²) >= 11 is 0. The molecule has 18 heavy (non-hydrogen) atoms. The first-order valence-corrected chi connectivity index (χ1v) is 6.09. The van der Waals surface area contributed by atoms with Crippen LogP contribution in [0.25, 0.3) is 0 Å². The Balaban J connectivity index is 2.38. The van der Waals surface area contributed by atoms with Gasteiger partial charge in [-0.15, -0.1) is 0 Å². The Morgan fingerprint density at radius 3 is 2.72 bits per heavy atom. The number of hydrogen-bond donors (Lipinski definition) is 2. The summed E-state index contributed by atoms with van der Waals surface area (Å²) in [6.45, 7) is 3.73. The van der Waals surface area contributed by atoms with Gasteiger partial charge in [-0.25, -0.2) is 4.98 Å². The number of aromatic nitrogens is 2. The maximum absolute atomic E-state index is 11.5. The Morgan fingerprint density at radius 1 is 1.39 bits per heavy atom. The lowest BCUT2D eigenvalue weighted by atomic mass is 10.4. The maximum Gasteiger partial charge on any atom is 0.234 e. The van der Waals surface area contributed by atoms with Crippen molar-refractivity contribution in [2.75, 3.05) is 32.5 Å². The van der Waals surface area contributed by atoms with Gasteiger partial charge in [-0.3, -0.25) is 14.7 Å². The molecule has 1 heterocycles. The minimum absolute atomic E-state index is 0.0409. The van der Waals surface area contributed by atoms with E-state index in [1.165, 1.54) is 0 Å². The van der Waals surface area contributed by atoms with E-state index < -0.39 is 0 Å². The van der Waals surface area contributed by atoms with Gasteiger partial charge in [0.15, 0.2) is 0 Å². The van der Waals surface area contributed by atoms with Crippen LogP contribution in [0.4, 0.5) is 5.82 Å². The molecule has 0 atom stereocenters. The third-order valence-electron chi connectivity index (χ3n) is 2.38. The first-order valence-electron chi connectivity index (χ1n) is 6.09. The zero-order valence-electron chi connectivity index (χ0n) is 11.2. The average molecular weight is 251 g/mol. The number of carbonyl (C=O) groups is 1. The van der Waals surface area contributed by atoms with Gasteiger partial charge in [0.05, 0.1) is 24.6 Å². The van der Waals surface area contributed by atoms with Gasteiger partial charge in [0, 0.05) is 20.1 Å². The molecule has 0 saturated heterocycles. The number of carbonyl (C=O) groups excluding carboxylic acids is 1. The van der Waals surface area contributed by atoms with Gasteiger partial charge in [-0.2, -0.15) is 0 Å². The molecule has 0 aliphatic heterocycles. The number of likely N-dealkylation sites (N-methyl/N-ethyl adjacent to an activating group) is 1. The highest BCUT2D eigenvalue weighted by Gasteiger charge is 2.07. The fourth-order valence-electron chi connectivity index (χ4n) is 1.46. The predicted octanol–water partition coefficient (Wildman–Crippen LogP) is 0.476. The molecule has 6 heteroatoms. The highest BCUT2D eigenvalue weighted by atomic mass is 16.2. The van der Waals surface area contributed by atoms with Crippen LogP contribution in [0.1, 0.15) is 19.0 Å². The third-order valence-corrected chi connectivity index (χ3v) is 2.38. The Hall–Kier alpha value is -1.69. The van der Waals surface area contributed by atoms with Gasteiger partial charge < -0.3 is 10.6 Å². The minimum atomic E-state index is 0.0409. The molecule has 0 bridgehead atoms. The molecule has 0 aliphatic rings. The molecule has 6 nitrogen and oxygen atoms in total. The molecule has 1 aromatic rings. The van der Waals surface area contributed by atoms with Crippen molar-refractivity contribution in [3.8, 4) is 0 Å². The number of nitrogens with one attached hydrogen (secondary N) is 2. The number of nitrogens with zero attached hydrogens (tertiary/aromatic N) is 3. The molecular formula is C12H21N5O. The van der Waals surface area contributed by atoms with E-state index >= 15 is 0 Å². The summed E-state index contributed by atoms with van der Waals surface area (Å²) in [5, 5.41) is 5.75. The molecule has 1 amide bonds. The van der Waals surface area contributed by atoms with Crippen LogP contribution in [0.2, 0.25) is 0 Å². The topological polar surface area (TPSA) is 70.2 Å². The number of hydrogen-bond acceptors (Lipinski definition) is 5. The summed E-state index contributed by atoms with van der Waals surface area (Å²) in [5.41, 5.74) is 0.847. The Kier molecular flexibility index (Phi) is 6.07. The summed E-state index contributed by atoms with van der Waals surface area (Å²) in [7, 11) is 3.69. The monoisotopic (exact) mass is 251 g/mol.